The molecule has 0 aliphatic rings. The number of aryl methyl sites for hydroxylation is 1. The van der Waals surface area contributed by atoms with Crippen LogP contribution in [0.2, 0.25) is 0 Å². The lowest BCUT2D eigenvalue weighted by Gasteiger charge is -2.17. The molecule has 5 heteroatoms. The molecule has 62 heavy (non-hydrogen) atoms. The number of hydrogen-bond donors (Lipinski definition) is 0. The van der Waals surface area contributed by atoms with Crippen LogP contribution in [0.15, 0.2) is 218 Å². The van der Waals surface area contributed by atoms with Crippen LogP contribution in [0, 0.1) is 6.92 Å². The third-order valence-electron chi connectivity index (χ3n) is 11.5. The van der Waals surface area contributed by atoms with E-state index in [-0.39, 0.29) is 0 Å². The molecule has 5 nitrogen and oxygen atoms in total. The van der Waals surface area contributed by atoms with Crippen molar-refractivity contribution in [3.8, 4) is 84.6 Å². The average Bonchev–Trinajstić information content (AvgIpc) is 3.68. The maximum absolute atomic E-state index is 5.40. The molecule has 0 amide bonds. The van der Waals surface area contributed by atoms with Crippen molar-refractivity contribution < 1.29 is 0 Å². The first-order valence-corrected chi connectivity index (χ1v) is 20.9. The number of benzene rings is 8. The summed E-state index contributed by atoms with van der Waals surface area (Å²) < 4.78 is 2.37. The molecule has 11 aromatic rings. The van der Waals surface area contributed by atoms with E-state index < -0.39 is 0 Å². The van der Waals surface area contributed by atoms with Gasteiger partial charge in [0.1, 0.15) is 0 Å². The van der Waals surface area contributed by atoms with Crippen LogP contribution in [0.3, 0.4) is 0 Å². The average molecular weight is 794 g/mol. The summed E-state index contributed by atoms with van der Waals surface area (Å²) in [5.74, 6) is 1.28. The van der Waals surface area contributed by atoms with Crippen molar-refractivity contribution in [3.05, 3.63) is 224 Å². The van der Waals surface area contributed by atoms with Gasteiger partial charge in [-0.1, -0.05) is 181 Å². The Labute approximate surface area is 360 Å². The number of aromatic nitrogens is 5. The van der Waals surface area contributed by atoms with Crippen molar-refractivity contribution >= 4 is 21.8 Å². The highest BCUT2D eigenvalue weighted by Crippen LogP contribution is 2.40. The number of fused-ring (bicyclic) bond motifs is 3. The zero-order valence-corrected chi connectivity index (χ0v) is 34.0. The van der Waals surface area contributed by atoms with E-state index in [0.717, 1.165) is 72.9 Å². The largest absolute Gasteiger partial charge is 0.309 e. The molecular weight excluding hydrogens is 755 g/mol. The zero-order chi connectivity index (χ0) is 41.4. The lowest BCUT2D eigenvalue weighted by atomic mass is 10.0. The maximum Gasteiger partial charge on any atom is 0.162 e. The van der Waals surface area contributed by atoms with E-state index in [1.54, 1.807) is 0 Å². The summed E-state index contributed by atoms with van der Waals surface area (Å²) in [5.41, 5.74) is 15.9. The van der Waals surface area contributed by atoms with Crippen LogP contribution in [0.1, 0.15) is 5.56 Å². The van der Waals surface area contributed by atoms with Gasteiger partial charge < -0.3 is 4.57 Å². The normalized spacial score (nSPS) is 11.3. The molecule has 0 radical (unpaired) electrons. The molecule has 11 rings (SSSR count). The van der Waals surface area contributed by atoms with Crippen molar-refractivity contribution in [1.82, 2.24) is 24.5 Å². The van der Waals surface area contributed by atoms with Crippen molar-refractivity contribution in [2.24, 2.45) is 0 Å². The molecule has 0 aliphatic heterocycles. The predicted octanol–water partition coefficient (Wildman–Crippen LogP) is 14.3. The van der Waals surface area contributed by atoms with E-state index in [9.17, 15) is 0 Å². The van der Waals surface area contributed by atoms with Crippen LogP contribution in [-0.2, 0) is 0 Å². The van der Waals surface area contributed by atoms with Crippen LogP contribution in [0.4, 0.5) is 0 Å². The van der Waals surface area contributed by atoms with Crippen LogP contribution in [0.25, 0.3) is 106 Å². The first-order chi connectivity index (χ1) is 30.6. The van der Waals surface area contributed by atoms with Crippen LogP contribution < -0.4 is 0 Å². The Morgan fingerprint density at radius 1 is 0.306 bits per heavy atom. The molecule has 3 heterocycles. The Morgan fingerprint density at radius 2 is 0.774 bits per heavy atom. The van der Waals surface area contributed by atoms with Gasteiger partial charge in [0, 0.05) is 44.2 Å². The second-order valence-corrected chi connectivity index (χ2v) is 15.6. The van der Waals surface area contributed by atoms with Gasteiger partial charge in [-0.3, -0.25) is 0 Å². The van der Waals surface area contributed by atoms with Gasteiger partial charge in [-0.25, -0.2) is 19.9 Å². The SMILES string of the molecule is Cc1cccc(-c2ccc3c(c2)c2ccccc2n3-c2ccc(-c3cc(-c4ccccc4)nc(-c4ccccc4)n3)cc2-c2nc(-c3ccccc3)cc(-c3ccccc3)n2)c1. The summed E-state index contributed by atoms with van der Waals surface area (Å²) in [5, 5.41) is 2.35. The quantitative estimate of drug-likeness (QED) is 0.154. The zero-order valence-electron chi connectivity index (χ0n) is 34.0. The molecule has 0 unspecified atom stereocenters. The van der Waals surface area contributed by atoms with Gasteiger partial charge in [-0.15, -0.1) is 0 Å². The highest BCUT2D eigenvalue weighted by atomic mass is 15.0. The standard InChI is InChI=1S/C57H39N5/c1-38-17-16-26-43(33-38)44-29-31-54-47(34-44)46-27-14-15-28-53(46)62(54)55-32-30-45(52-37-49(39-18-6-2-7-19-39)58-56(59-52)42-24-12-5-13-25-42)35-48(55)57-60-50(40-20-8-3-9-21-40)36-51(61-57)41-22-10-4-11-23-41/h2-37H,1H3. The lowest BCUT2D eigenvalue weighted by molar-refractivity contribution is 1.13. The number of para-hydroxylation sites is 1. The molecule has 0 spiro atoms. The number of rotatable bonds is 8. The van der Waals surface area contributed by atoms with E-state index in [0.29, 0.717) is 11.6 Å². The molecule has 0 fully saturated rings. The van der Waals surface area contributed by atoms with Crippen LogP contribution >= 0.6 is 0 Å². The van der Waals surface area contributed by atoms with Gasteiger partial charge >= 0.3 is 0 Å². The van der Waals surface area contributed by atoms with E-state index in [2.05, 4.69) is 181 Å². The molecule has 0 atom stereocenters. The van der Waals surface area contributed by atoms with E-state index in [1.807, 2.05) is 48.5 Å². The molecular formula is C57H39N5. The number of hydrogen-bond acceptors (Lipinski definition) is 4. The number of nitrogens with zero attached hydrogens (tertiary/aromatic N) is 5. The van der Waals surface area contributed by atoms with Crippen LogP contribution in [0.5, 0.6) is 0 Å². The van der Waals surface area contributed by atoms with E-state index in [4.69, 9.17) is 19.9 Å². The second-order valence-electron chi connectivity index (χ2n) is 15.6. The fraction of sp³-hybridized carbons (Fsp3) is 0.0175. The minimum atomic E-state index is 0.616. The smallest absolute Gasteiger partial charge is 0.162 e. The third kappa shape index (κ3) is 6.91. The summed E-state index contributed by atoms with van der Waals surface area (Å²) in [7, 11) is 0. The molecule has 292 valence electrons. The van der Waals surface area contributed by atoms with Gasteiger partial charge in [0.05, 0.1) is 39.5 Å². The van der Waals surface area contributed by atoms with Crippen molar-refractivity contribution in [3.63, 3.8) is 0 Å². The van der Waals surface area contributed by atoms with Crippen molar-refractivity contribution in [1.29, 1.82) is 0 Å². The lowest BCUT2D eigenvalue weighted by Crippen LogP contribution is -2.03. The maximum atomic E-state index is 5.40. The summed E-state index contributed by atoms with van der Waals surface area (Å²) in [6.07, 6.45) is 0. The van der Waals surface area contributed by atoms with Gasteiger partial charge in [-0.2, -0.15) is 0 Å². The van der Waals surface area contributed by atoms with Crippen molar-refractivity contribution in [2.75, 3.05) is 0 Å². The molecule has 0 saturated heterocycles. The van der Waals surface area contributed by atoms with E-state index in [1.165, 1.54) is 27.5 Å². The molecule has 8 aromatic carbocycles. The molecule has 0 aliphatic carbocycles. The Balaban J connectivity index is 1.19. The third-order valence-corrected chi connectivity index (χ3v) is 11.5. The minimum absolute atomic E-state index is 0.616. The van der Waals surface area contributed by atoms with Gasteiger partial charge in [0.25, 0.3) is 0 Å². The summed E-state index contributed by atoms with van der Waals surface area (Å²) >= 11 is 0. The molecule has 0 bridgehead atoms. The Morgan fingerprint density at radius 3 is 1.37 bits per heavy atom. The van der Waals surface area contributed by atoms with Gasteiger partial charge in [-0.05, 0) is 60.5 Å². The van der Waals surface area contributed by atoms with Gasteiger partial charge in [0.2, 0.25) is 0 Å². The predicted molar refractivity (Wildman–Crippen MR) is 255 cm³/mol. The van der Waals surface area contributed by atoms with Gasteiger partial charge in [0.15, 0.2) is 11.6 Å². The highest BCUT2D eigenvalue weighted by molar-refractivity contribution is 6.11. The highest BCUT2D eigenvalue weighted by Gasteiger charge is 2.21. The minimum Gasteiger partial charge on any atom is -0.309 e. The Kier molecular flexibility index (Phi) is 9.32. The fourth-order valence-electron chi connectivity index (χ4n) is 8.46. The molecule has 3 aromatic heterocycles. The van der Waals surface area contributed by atoms with Crippen LogP contribution in [-0.4, -0.2) is 24.5 Å². The first-order valence-electron chi connectivity index (χ1n) is 20.9. The Hall–Kier alpha value is -8.28. The Bertz CT molecular complexity index is 3280. The molecule has 0 N–H and O–H groups in total. The topological polar surface area (TPSA) is 56.5 Å². The second kappa shape index (κ2) is 15.7. The first kappa shape index (κ1) is 36.8. The molecule has 0 saturated carbocycles. The summed E-state index contributed by atoms with van der Waals surface area (Å²) in [6.45, 7) is 2.14. The summed E-state index contributed by atoms with van der Waals surface area (Å²) in [4.78, 5) is 21.1. The van der Waals surface area contributed by atoms with Crippen molar-refractivity contribution in [2.45, 2.75) is 6.92 Å². The van der Waals surface area contributed by atoms with E-state index >= 15 is 0 Å². The monoisotopic (exact) mass is 793 g/mol. The fourth-order valence-corrected chi connectivity index (χ4v) is 8.46. The summed E-state index contributed by atoms with van der Waals surface area (Å²) in [6, 6.07) is 76.1.